The molecule has 2 fully saturated rings. The van der Waals surface area contributed by atoms with E-state index in [0.29, 0.717) is 54.4 Å². The van der Waals surface area contributed by atoms with E-state index in [2.05, 4.69) is 15.1 Å². The van der Waals surface area contributed by atoms with Crippen LogP contribution in [0.15, 0.2) is 65.5 Å². The van der Waals surface area contributed by atoms with Crippen LogP contribution in [-0.4, -0.2) is 50.3 Å². The number of nitrogens with zero attached hydrogens (tertiary/aromatic N) is 5. The molecule has 0 aliphatic heterocycles. The maximum Gasteiger partial charge on any atom is 0.427 e. The first kappa shape index (κ1) is 30.2. The van der Waals surface area contributed by atoms with Gasteiger partial charge in [-0.25, -0.2) is 27.5 Å². The highest BCUT2D eigenvalue weighted by Gasteiger charge is 2.54. The maximum atomic E-state index is 14.4. The predicted molar refractivity (Wildman–Crippen MR) is 158 cm³/mol. The Labute approximate surface area is 264 Å². The zero-order valence-corrected chi connectivity index (χ0v) is 25.7. The van der Waals surface area contributed by atoms with Gasteiger partial charge in [-0.1, -0.05) is 17.2 Å². The summed E-state index contributed by atoms with van der Waals surface area (Å²) in [5.74, 6) is -0.993. The summed E-state index contributed by atoms with van der Waals surface area (Å²) >= 11 is 6.20. The second-order valence-electron chi connectivity index (χ2n) is 11.5. The Morgan fingerprint density at radius 3 is 2.42 bits per heavy atom. The number of carbonyl (C=O) groups excluding carboxylic acids is 1. The second-order valence-corrected chi connectivity index (χ2v) is 14.8. The van der Waals surface area contributed by atoms with E-state index >= 15 is 0 Å². The number of allylic oxidation sites excluding steroid dienone is 1. The molecule has 3 aliphatic rings. The molecule has 3 heterocycles. The lowest BCUT2D eigenvalue weighted by atomic mass is 9.61. The van der Waals surface area contributed by atoms with Crippen molar-refractivity contribution in [1.29, 1.82) is 0 Å². The van der Waals surface area contributed by atoms with Crippen molar-refractivity contribution in [1.82, 2.24) is 24.1 Å². The minimum absolute atomic E-state index is 0.0261. The van der Waals surface area contributed by atoms with Crippen LogP contribution in [0.1, 0.15) is 58.0 Å². The summed E-state index contributed by atoms with van der Waals surface area (Å²) in [5.41, 5.74) is 1.25. The average Bonchev–Trinajstić information content (AvgIpc) is 3.52. The van der Waals surface area contributed by atoms with Gasteiger partial charge in [-0.15, -0.1) is 11.3 Å². The molecule has 7 rings (SSSR count). The highest BCUT2D eigenvalue weighted by molar-refractivity contribution is 7.89. The van der Waals surface area contributed by atoms with Crippen molar-refractivity contribution in [3.63, 3.8) is 0 Å². The molecular formula is C30H24ClF4N5O3S2. The number of benzene rings is 1. The number of aromatic nitrogens is 4. The molecule has 45 heavy (non-hydrogen) atoms. The molecule has 0 saturated heterocycles. The molecule has 3 aromatic heterocycles. The SMILES string of the molecule is O=C(c1ncc(C(F)(F)F)s1)[C@]12Cc3cnn(-c4ccc(F)cc4)c3C=C1CC[C@H](N(C1CC1)S(=O)(=O)c1ccc(Cl)nc1)C2. The van der Waals surface area contributed by atoms with E-state index in [9.17, 15) is 30.8 Å². The van der Waals surface area contributed by atoms with Crippen LogP contribution in [0.2, 0.25) is 5.15 Å². The highest BCUT2D eigenvalue weighted by Crippen LogP contribution is 2.53. The lowest BCUT2D eigenvalue weighted by Gasteiger charge is -2.46. The summed E-state index contributed by atoms with van der Waals surface area (Å²) in [6.45, 7) is 0. The van der Waals surface area contributed by atoms with Crippen LogP contribution in [-0.2, 0) is 22.6 Å². The quantitative estimate of drug-likeness (QED) is 0.122. The van der Waals surface area contributed by atoms with Crippen LogP contribution in [0.5, 0.6) is 0 Å². The molecule has 3 aliphatic carbocycles. The Balaban J connectivity index is 1.32. The number of fused-ring (bicyclic) bond motifs is 2. The van der Waals surface area contributed by atoms with Gasteiger partial charge in [-0.3, -0.25) is 4.79 Å². The number of hydrogen-bond donors (Lipinski definition) is 0. The van der Waals surface area contributed by atoms with E-state index in [-0.39, 0.29) is 45.3 Å². The third-order valence-corrected chi connectivity index (χ3v) is 11.9. The van der Waals surface area contributed by atoms with Gasteiger partial charge in [0.1, 0.15) is 20.7 Å². The van der Waals surface area contributed by atoms with Crippen LogP contribution in [0.25, 0.3) is 11.8 Å². The molecule has 15 heteroatoms. The van der Waals surface area contributed by atoms with Gasteiger partial charge in [0.2, 0.25) is 15.8 Å². The molecule has 4 aromatic rings. The van der Waals surface area contributed by atoms with Crippen molar-refractivity contribution >= 4 is 44.8 Å². The van der Waals surface area contributed by atoms with E-state index in [1.165, 1.54) is 34.8 Å². The number of halogens is 5. The molecule has 0 bridgehead atoms. The van der Waals surface area contributed by atoms with Crippen LogP contribution in [0, 0.1) is 11.2 Å². The average molecular weight is 678 g/mol. The molecule has 0 radical (unpaired) electrons. The monoisotopic (exact) mass is 677 g/mol. The summed E-state index contributed by atoms with van der Waals surface area (Å²) in [6.07, 6.45) is 2.75. The number of Topliss-reactive ketones (excluding diaryl/α,β-unsaturated/α-hetero) is 1. The number of carbonyl (C=O) groups is 1. The molecular weight excluding hydrogens is 654 g/mol. The van der Waals surface area contributed by atoms with E-state index in [1.807, 2.05) is 6.08 Å². The Morgan fingerprint density at radius 1 is 1.02 bits per heavy atom. The number of thiazole rings is 1. The molecule has 1 aromatic carbocycles. The summed E-state index contributed by atoms with van der Waals surface area (Å²) in [7, 11) is -4.05. The Kier molecular flexibility index (Phi) is 7.26. The Bertz CT molecular complexity index is 1940. The van der Waals surface area contributed by atoms with Gasteiger partial charge in [0, 0.05) is 18.3 Å². The number of hydrogen-bond acceptors (Lipinski definition) is 7. The molecule has 0 spiro atoms. The fourth-order valence-corrected chi connectivity index (χ4v) is 9.24. The molecule has 0 unspecified atom stereocenters. The van der Waals surface area contributed by atoms with Gasteiger partial charge in [0.15, 0.2) is 5.01 Å². The van der Waals surface area contributed by atoms with E-state index in [4.69, 9.17) is 11.6 Å². The minimum Gasteiger partial charge on any atom is -0.290 e. The van der Waals surface area contributed by atoms with Crippen molar-refractivity contribution in [3.05, 3.63) is 92.7 Å². The topological polar surface area (TPSA) is 98.0 Å². The van der Waals surface area contributed by atoms with Crippen molar-refractivity contribution in [2.24, 2.45) is 5.41 Å². The highest BCUT2D eigenvalue weighted by atomic mass is 35.5. The largest absolute Gasteiger partial charge is 0.427 e. The van der Waals surface area contributed by atoms with Crippen LogP contribution in [0.4, 0.5) is 17.6 Å². The number of rotatable bonds is 7. The minimum atomic E-state index is -4.67. The number of alkyl halides is 3. The third-order valence-electron chi connectivity index (χ3n) is 8.66. The Hall–Kier alpha value is -3.46. The third kappa shape index (κ3) is 5.30. The first-order valence-corrected chi connectivity index (χ1v) is 16.8. The molecule has 0 N–H and O–H groups in total. The zero-order valence-electron chi connectivity index (χ0n) is 23.3. The van der Waals surface area contributed by atoms with E-state index < -0.39 is 44.1 Å². The standard InChI is InChI=1S/C30H24ClF4N5O3S2/c31-26-10-9-23(15-36-26)45(42,43)40(21-7-8-21)22-4-1-18-11-24-17(14-38-39(24)20-5-2-19(32)3-6-20)12-29(18,13-22)27(41)28-37-16-25(44-28)30(33,34)35/h2-3,5-6,9-11,14-16,21-22H,1,4,7-8,12-13H2/t22-,29-/m0/s1. The van der Waals surface area contributed by atoms with Crippen molar-refractivity contribution < 1.29 is 30.8 Å². The number of ketones is 1. The summed E-state index contributed by atoms with van der Waals surface area (Å²) in [5, 5.41) is 4.34. The summed E-state index contributed by atoms with van der Waals surface area (Å²) in [4.78, 5) is 21.2. The van der Waals surface area contributed by atoms with Crippen LogP contribution < -0.4 is 0 Å². The second kappa shape index (κ2) is 10.8. The van der Waals surface area contributed by atoms with Crippen molar-refractivity contribution in [2.75, 3.05) is 0 Å². The zero-order chi connectivity index (χ0) is 31.7. The van der Waals surface area contributed by atoms with E-state index in [1.54, 1.807) is 23.0 Å². The maximum absolute atomic E-state index is 14.4. The van der Waals surface area contributed by atoms with E-state index in [0.717, 1.165) is 0 Å². The fraction of sp³-hybridized carbons (Fsp3) is 0.333. The fourth-order valence-electron chi connectivity index (χ4n) is 6.46. The lowest BCUT2D eigenvalue weighted by Crippen LogP contribution is -2.51. The van der Waals surface area contributed by atoms with Crippen LogP contribution in [0.3, 0.4) is 0 Å². The summed E-state index contributed by atoms with van der Waals surface area (Å²) < 4.78 is 85.3. The Morgan fingerprint density at radius 2 is 1.78 bits per heavy atom. The summed E-state index contributed by atoms with van der Waals surface area (Å²) in [6, 6.07) is 7.66. The van der Waals surface area contributed by atoms with Gasteiger partial charge in [0.25, 0.3) is 0 Å². The van der Waals surface area contributed by atoms with Gasteiger partial charge in [-0.05, 0) is 86.6 Å². The number of sulfonamides is 1. The molecule has 2 atom stereocenters. The van der Waals surface area contributed by atoms with Crippen molar-refractivity contribution in [3.8, 4) is 5.69 Å². The predicted octanol–water partition coefficient (Wildman–Crippen LogP) is 6.75. The molecule has 0 amide bonds. The molecule has 2 saturated carbocycles. The van der Waals surface area contributed by atoms with Gasteiger partial charge < -0.3 is 0 Å². The first-order chi connectivity index (χ1) is 21.4. The van der Waals surface area contributed by atoms with Gasteiger partial charge in [-0.2, -0.15) is 22.6 Å². The molecule has 234 valence electrons. The first-order valence-electron chi connectivity index (χ1n) is 14.1. The van der Waals surface area contributed by atoms with Gasteiger partial charge in [0.05, 0.1) is 29.2 Å². The van der Waals surface area contributed by atoms with Crippen LogP contribution >= 0.6 is 22.9 Å². The lowest BCUT2D eigenvalue weighted by molar-refractivity contribution is -0.134. The van der Waals surface area contributed by atoms with Crippen molar-refractivity contribution in [2.45, 2.75) is 61.7 Å². The van der Waals surface area contributed by atoms with Gasteiger partial charge >= 0.3 is 6.18 Å². The normalized spacial score (nSPS) is 21.7. The smallest absolute Gasteiger partial charge is 0.290 e. The molecule has 8 nitrogen and oxygen atoms in total. The number of pyridine rings is 1.